The fraction of sp³-hybridized carbons (Fsp3) is 0.235. The van der Waals surface area contributed by atoms with E-state index in [2.05, 4.69) is 4.74 Å². The molecular formula is C17H14F4O4. The molecule has 0 aliphatic rings. The molecule has 8 heteroatoms. The molecule has 2 rings (SSSR count). The number of hydrogen-bond acceptors (Lipinski definition) is 4. The number of hydrogen-bond donors (Lipinski definition) is 2. The van der Waals surface area contributed by atoms with E-state index in [1.807, 2.05) is 0 Å². The van der Waals surface area contributed by atoms with Crippen LogP contribution in [-0.2, 0) is 6.42 Å². The summed E-state index contributed by atoms with van der Waals surface area (Å²) in [6.07, 6.45) is 0.352. The van der Waals surface area contributed by atoms with E-state index in [9.17, 15) is 32.6 Å². The third-order valence-electron chi connectivity index (χ3n) is 3.67. The molecule has 0 bridgehead atoms. The van der Waals surface area contributed by atoms with E-state index in [4.69, 9.17) is 0 Å². The van der Waals surface area contributed by atoms with Gasteiger partial charge in [-0.15, -0.1) is 0 Å². The number of ketones is 1. The Labute approximate surface area is 140 Å². The van der Waals surface area contributed by atoms with Crippen LogP contribution in [0.3, 0.4) is 0 Å². The molecule has 2 N–H and O–H groups in total. The number of carbonyl (C=O) groups is 1. The Hall–Kier alpha value is -2.77. The van der Waals surface area contributed by atoms with Gasteiger partial charge in [-0.3, -0.25) is 4.79 Å². The van der Waals surface area contributed by atoms with Crippen LogP contribution in [0.2, 0.25) is 0 Å². The number of aromatic hydroxyl groups is 2. The number of benzene rings is 2. The van der Waals surface area contributed by atoms with Gasteiger partial charge in [0.15, 0.2) is 24.0 Å². The van der Waals surface area contributed by atoms with Crippen LogP contribution in [0, 0.1) is 30.2 Å². The molecule has 2 aromatic carbocycles. The molecule has 0 spiro atoms. The zero-order chi connectivity index (χ0) is 18.9. The molecule has 0 atom stereocenters. The lowest BCUT2D eigenvalue weighted by Gasteiger charge is -2.12. The van der Waals surface area contributed by atoms with Gasteiger partial charge in [0.2, 0.25) is 17.4 Å². The van der Waals surface area contributed by atoms with Crippen molar-refractivity contribution in [2.45, 2.75) is 20.3 Å². The van der Waals surface area contributed by atoms with Gasteiger partial charge in [-0.25, -0.2) is 8.78 Å². The van der Waals surface area contributed by atoms with Crippen LogP contribution in [0.1, 0.15) is 28.4 Å². The molecule has 0 aliphatic heterocycles. The zero-order valence-corrected chi connectivity index (χ0v) is 13.3. The molecule has 134 valence electrons. The molecule has 0 fully saturated rings. The maximum Gasteiger partial charge on any atom is 0.204 e. The molecule has 2 aromatic rings. The summed E-state index contributed by atoms with van der Waals surface area (Å²) in [5, 5.41) is 19.3. The van der Waals surface area contributed by atoms with E-state index in [1.165, 1.54) is 6.07 Å². The van der Waals surface area contributed by atoms with Crippen LogP contribution in [0.25, 0.3) is 0 Å². The summed E-state index contributed by atoms with van der Waals surface area (Å²) in [4.78, 5) is 12.1. The summed E-state index contributed by atoms with van der Waals surface area (Å²) < 4.78 is 59.0. The highest BCUT2D eigenvalue weighted by Crippen LogP contribution is 2.31. The Morgan fingerprint density at radius 1 is 1.00 bits per heavy atom. The number of ether oxygens (including phenoxy) is 1. The number of carbonyl (C=O) groups excluding carboxylic acids is 1. The largest absolute Gasteiger partial charge is 0.508 e. The number of Topliss-reactive ketones (excluding diaryl/α,β-unsaturated/α-hetero) is 1. The quantitative estimate of drug-likeness (QED) is 0.485. The molecule has 25 heavy (non-hydrogen) atoms. The minimum Gasteiger partial charge on any atom is -0.508 e. The van der Waals surface area contributed by atoms with Crippen molar-refractivity contribution in [1.29, 1.82) is 0 Å². The Kier molecular flexibility index (Phi) is 5.20. The molecule has 0 saturated heterocycles. The Morgan fingerprint density at radius 3 is 2.08 bits per heavy atom. The van der Waals surface area contributed by atoms with E-state index in [0.717, 1.165) is 13.0 Å². The van der Waals surface area contributed by atoms with Gasteiger partial charge in [-0.2, -0.15) is 8.78 Å². The first-order valence-corrected chi connectivity index (χ1v) is 7.22. The van der Waals surface area contributed by atoms with Crippen molar-refractivity contribution in [3.8, 4) is 17.2 Å². The lowest BCUT2D eigenvalue weighted by Crippen LogP contribution is -2.15. The highest BCUT2D eigenvalue weighted by Gasteiger charge is 2.25. The van der Waals surface area contributed by atoms with Gasteiger partial charge in [0.1, 0.15) is 11.5 Å². The topological polar surface area (TPSA) is 66.8 Å². The lowest BCUT2D eigenvalue weighted by molar-refractivity contribution is 0.0911. The van der Waals surface area contributed by atoms with Gasteiger partial charge >= 0.3 is 0 Å². The summed E-state index contributed by atoms with van der Waals surface area (Å²) >= 11 is 0. The summed E-state index contributed by atoms with van der Waals surface area (Å²) in [6.45, 7) is 1.57. The maximum atomic E-state index is 13.7. The number of rotatable bonds is 5. The molecule has 0 radical (unpaired) electrons. The predicted molar refractivity (Wildman–Crippen MR) is 80.0 cm³/mol. The molecule has 4 nitrogen and oxygen atoms in total. The van der Waals surface area contributed by atoms with Crippen molar-refractivity contribution in [3.63, 3.8) is 0 Å². The van der Waals surface area contributed by atoms with Crippen molar-refractivity contribution >= 4 is 5.78 Å². The van der Waals surface area contributed by atoms with Gasteiger partial charge in [0.25, 0.3) is 0 Å². The predicted octanol–water partition coefficient (Wildman–Crippen LogP) is 3.79. The van der Waals surface area contributed by atoms with E-state index in [1.54, 1.807) is 6.92 Å². The molecule has 0 aromatic heterocycles. The third-order valence-corrected chi connectivity index (χ3v) is 3.67. The third kappa shape index (κ3) is 3.38. The average Bonchev–Trinajstić information content (AvgIpc) is 2.58. The summed E-state index contributed by atoms with van der Waals surface area (Å²) in [5.74, 6) is -9.80. The van der Waals surface area contributed by atoms with Gasteiger partial charge in [0.05, 0.1) is 5.56 Å². The second-order valence-corrected chi connectivity index (χ2v) is 5.27. The highest BCUT2D eigenvalue weighted by molar-refractivity contribution is 6.00. The van der Waals surface area contributed by atoms with Crippen LogP contribution < -0.4 is 4.74 Å². The van der Waals surface area contributed by atoms with E-state index < -0.39 is 52.7 Å². The number of phenolic OH excluding ortho intramolecular Hbond substituents is 2. The second kappa shape index (κ2) is 7.00. The molecule has 0 heterocycles. The number of aryl methyl sites for hydroxylation is 1. The molecule has 0 aliphatic carbocycles. The monoisotopic (exact) mass is 358 g/mol. The van der Waals surface area contributed by atoms with Crippen LogP contribution in [0.4, 0.5) is 17.6 Å². The van der Waals surface area contributed by atoms with Crippen molar-refractivity contribution in [3.05, 3.63) is 52.1 Å². The van der Waals surface area contributed by atoms with Gasteiger partial charge in [-0.1, -0.05) is 6.92 Å². The standard InChI is InChI=1S/C17H14F4O4/c1-3-8-4-9(11(23)5-10(8)22)12(24)6-25-17-15(20)13(18)7(2)14(19)16(17)21/h4-5,22-23H,3,6H2,1-2H3. The fourth-order valence-corrected chi connectivity index (χ4v) is 2.19. The van der Waals surface area contributed by atoms with Gasteiger partial charge in [0, 0.05) is 11.6 Å². The Morgan fingerprint density at radius 2 is 1.56 bits per heavy atom. The van der Waals surface area contributed by atoms with Crippen molar-refractivity contribution in [2.24, 2.45) is 0 Å². The Balaban J connectivity index is 2.30. The number of halogens is 4. The van der Waals surface area contributed by atoms with E-state index in [0.29, 0.717) is 12.0 Å². The molecule has 0 amide bonds. The summed E-state index contributed by atoms with van der Waals surface area (Å²) in [7, 11) is 0. The van der Waals surface area contributed by atoms with Crippen molar-refractivity contribution in [1.82, 2.24) is 0 Å². The fourth-order valence-electron chi connectivity index (χ4n) is 2.19. The maximum absolute atomic E-state index is 13.7. The van der Waals surface area contributed by atoms with Crippen LogP contribution in [0.15, 0.2) is 12.1 Å². The highest BCUT2D eigenvalue weighted by atomic mass is 19.2. The van der Waals surface area contributed by atoms with Gasteiger partial charge in [-0.05, 0) is 25.0 Å². The van der Waals surface area contributed by atoms with Crippen molar-refractivity contribution < 1.29 is 37.3 Å². The van der Waals surface area contributed by atoms with Gasteiger partial charge < -0.3 is 14.9 Å². The second-order valence-electron chi connectivity index (χ2n) is 5.27. The Bertz CT molecular complexity index is 820. The molecule has 0 saturated carbocycles. The van der Waals surface area contributed by atoms with E-state index >= 15 is 0 Å². The molecular weight excluding hydrogens is 344 g/mol. The first-order chi connectivity index (χ1) is 11.7. The zero-order valence-electron chi connectivity index (χ0n) is 13.3. The first kappa shape index (κ1) is 18.6. The average molecular weight is 358 g/mol. The normalized spacial score (nSPS) is 10.8. The summed E-state index contributed by atoms with van der Waals surface area (Å²) in [6, 6.07) is 2.14. The van der Waals surface area contributed by atoms with Crippen LogP contribution >= 0.6 is 0 Å². The molecule has 0 unspecified atom stereocenters. The lowest BCUT2D eigenvalue weighted by atomic mass is 10.0. The van der Waals surface area contributed by atoms with E-state index in [-0.39, 0.29) is 11.3 Å². The smallest absolute Gasteiger partial charge is 0.204 e. The minimum absolute atomic E-state index is 0.225. The number of phenols is 2. The van der Waals surface area contributed by atoms with Crippen LogP contribution in [-0.4, -0.2) is 22.6 Å². The minimum atomic E-state index is -1.76. The SMILES string of the molecule is CCc1cc(C(=O)COc2c(F)c(F)c(C)c(F)c2F)c(O)cc1O. The van der Waals surface area contributed by atoms with Crippen molar-refractivity contribution in [2.75, 3.05) is 6.61 Å². The summed E-state index contributed by atoms with van der Waals surface area (Å²) in [5.41, 5.74) is -0.757. The van der Waals surface area contributed by atoms with Crippen LogP contribution in [0.5, 0.6) is 17.2 Å². The first-order valence-electron chi connectivity index (χ1n) is 7.22.